The van der Waals surface area contributed by atoms with Crippen molar-refractivity contribution in [1.82, 2.24) is 0 Å². The molecule has 0 aliphatic rings. The first-order valence-electron chi connectivity index (χ1n) is 3.11. The Balaban J connectivity index is 3.37. The summed E-state index contributed by atoms with van der Waals surface area (Å²) in [4.78, 5) is 0. The van der Waals surface area contributed by atoms with Crippen molar-refractivity contribution in [2.45, 2.75) is 26.2 Å². The van der Waals surface area contributed by atoms with Gasteiger partial charge in [0.15, 0.2) is 0 Å². The maximum Gasteiger partial charge on any atom is 0.0656 e. The Kier molecular flexibility index (Phi) is 4.54. The van der Waals surface area contributed by atoms with Gasteiger partial charge in [-0.2, -0.15) is 10.5 Å². The number of hydrogen-bond donors (Lipinski definition) is 0. The average molecular weight is 122 g/mol. The number of hydrogen-bond acceptors (Lipinski definition) is 2. The molecule has 48 valence electrons. The second-order valence-electron chi connectivity index (χ2n) is 1.93. The van der Waals surface area contributed by atoms with Crippen LogP contribution in [-0.2, 0) is 0 Å². The first-order chi connectivity index (χ1) is 4.35. The van der Waals surface area contributed by atoms with Gasteiger partial charge in [-0.15, -0.1) is 0 Å². The second-order valence-corrected chi connectivity index (χ2v) is 1.93. The number of nitrogens with zero attached hydrogens (tertiary/aromatic N) is 2. The van der Waals surface area contributed by atoms with Gasteiger partial charge in [0.05, 0.1) is 12.1 Å². The Morgan fingerprint density at radius 1 is 1.44 bits per heavy atom. The molecule has 0 spiro atoms. The summed E-state index contributed by atoms with van der Waals surface area (Å²) in [6, 6.07) is 4.15. The zero-order valence-electron chi connectivity index (χ0n) is 5.59. The summed E-state index contributed by atoms with van der Waals surface area (Å²) in [6.07, 6.45) is 2.09. The normalized spacial score (nSPS) is 11.4. The molecule has 0 radical (unpaired) electrons. The molecule has 1 atom stereocenters. The summed E-state index contributed by atoms with van der Waals surface area (Å²) in [5.74, 6) is 0.0876. The highest BCUT2D eigenvalue weighted by molar-refractivity contribution is 4.84. The highest BCUT2D eigenvalue weighted by atomic mass is 14.3. The van der Waals surface area contributed by atoms with E-state index in [4.69, 9.17) is 10.5 Å². The van der Waals surface area contributed by atoms with Gasteiger partial charge < -0.3 is 0 Å². The molecule has 0 aliphatic carbocycles. The van der Waals surface area contributed by atoms with Gasteiger partial charge in [0.1, 0.15) is 0 Å². The van der Waals surface area contributed by atoms with Crippen molar-refractivity contribution < 1.29 is 0 Å². The molecule has 0 aromatic rings. The minimum Gasteiger partial charge on any atom is -0.198 e. The summed E-state index contributed by atoms with van der Waals surface area (Å²) in [7, 11) is 0. The van der Waals surface area contributed by atoms with Gasteiger partial charge in [-0.05, 0) is 12.8 Å². The summed E-state index contributed by atoms with van der Waals surface area (Å²) in [5, 5.41) is 16.5. The Morgan fingerprint density at radius 3 is 2.44 bits per heavy atom. The van der Waals surface area contributed by atoms with Crippen molar-refractivity contribution >= 4 is 0 Å². The van der Waals surface area contributed by atoms with Crippen LogP contribution in [0.1, 0.15) is 26.2 Å². The lowest BCUT2D eigenvalue weighted by Crippen LogP contribution is -1.92. The Labute approximate surface area is 55.7 Å². The second kappa shape index (κ2) is 5.12. The molecule has 2 nitrogen and oxygen atoms in total. The van der Waals surface area contributed by atoms with Crippen LogP contribution in [-0.4, -0.2) is 0 Å². The van der Waals surface area contributed by atoms with Gasteiger partial charge in [-0.1, -0.05) is 6.92 Å². The third-order valence-corrected chi connectivity index (χ3v) is 1.28. The third kappa shape index (κ3) is 3.55. The van der Waals surface area contributed by atoms with Crippen LogP contribution in [0.2, 0.25) is 0 Å². The molecule has 9 heavy (non-hydrogen) atoms. The first kappa shape index (κ1) is 7.98. The van der Waals surface area contributed by atoms with Crippen LogP contribution in [0.25, 0.3) is 0 Å². The predicted molar refractivity (Wildman–Crippen MR) is 34.2 cm³/mol. The van der Waals surface area contributed by atoms with Gasteiger partial charge in [0.25, 0.3) is 0 Å². The minimum atomic E-state index is 0.0876. The molecule has 0 heterocycles. The van der Waals surface area contributed by atoms with E-state index in [1.807, 2.05) is 13.0 Å². The zero-order chi connectivity index (χ0) is 7.11. The Bertz CT molecular complexity index is 138. The summed E-state index contributed by atoms with van der Waals surface area (Å²) >= 11 is 0. The van der Waals surface area contributed by atoms with Crippen LogP contribution in [0.15, 0.2) is 0 Å². The molecule has 0 unspecified atom stereocenters. The van der Waals surface area contributed by atoms with E-state index in [1.54, 1.807) is 0 Å². The highest BCUT2D eigenvalue weighted by Gasteiger charge is 2.01. The highest BCUT2D eigenvalue weighted by Crippen LogP contribution is 2.07. The average Bonchev–Trinajstić information content (AvgIpc) is 1.91. The van der Waals surface area contributed by atoms with Crippen LogP contribution in [0.3, 0.4) is 0 Å². The van der Waals surface area contributed by atoms with E-state index in [0.29, 0.717) is 6.42 Å². The predicted octanol–water partition coefficient (Wildman–Crippen LogP) is 1.84. The van der Waals surface area contributed by atoms with E-state index < -0.39 is 0 Å². The van der Waals surface area contributed by atoms with Gasteiger partial charge in [-0.25, -0.2) is 0 Å². The van der Waals surface area contributed by atoms with Crippen LogP contribution >= 0.6 is 0 Å². The van der Waals surface area contributed by atoms with Gasteiger partial charge in [0, 0.05) is 12.3 Å². The lowest BCUT2D eigenvalue weighted by Gasteiger charge is -1.98. The molecule has 0 amide bonds. The summed E-state index contributed by atoms with van der Waals surface area (Å²) in [5.41, 5.74) is 0. The van der Waals surface area contributed by atoms with Crippen molar-refractivity contribution in [2.75, 3.05) is 0 Å². The zero-order valence-corrected chi connectivity index (χ0v) is 5.59. The van der Waals surface area contributed by atoms with E-state index >= 15 is 0 Å². The van der Waals surface area contributed by atoms with Crippen molar-refractivity contribution in [2.24, 2.45) is 5.92 Å². The van der Waals surface area contributed by atoms with Crippen molar-refractivity contribution in [3.05, 3.63) is 0 Å². The van der Waals surface area contributed by atoms with Gasteiger partial charge in [0.2, 0.25) is 0 Å². The molecule has 0 saturated heterocycles. The van der Waals surface area contributed by atoms with E-state index in [0.717, 1.165) is 12.8 Å². The molecule has 0 N–H and O–H groups in total. The third-order valence-electron chi connectivity index (χ3n) is 1.28. The first-order valence-corrected chi connectivity index (χ1v) is 3.11. The van der Waals surface area contributed by atoms with Crippen LogP contribution in [0, 0.1) is 28.6 Å². The molecule has 0 bridgehead atoms. The lowest BCUT2D eigenvalue weighted by atomic mass is 10.0. The number of nitriles is 2. The number of rotatable bonds is 3. The molecule has 0 saturated carbocycles. The lowest BCUT2D eigenvalue weighted by molar-refractivity contribution is 0.595. The fraction of sp³-hybridized carbons (Fsp3) is 0.714. The molecule has 0 aromatic heterocycles. The largest absolute Gasteiger partial charge is 0.198 e. The molecule has 2 heteroatoms. The smallest absolute Gasteiger partial charge is 0.0656 e. The summed E-state index contributed by atoms with van der Waals surface area (Å²) < 4.78 is 0. The van der Waals surface area contributed by atoms with Crippen molar-refractivity contribution in [1.29, 1.82) is 10.5 Å². The quantitative estimate of drug-likeness (QED) is 0.573. The van der Waals surface area contributed by atoms with Crippen molar-refractivity contribution in [3.8, 4) is 12.1 Å². The van der Waals surface area contributed by atoms with Crippen LogP contribution < -0.4 is 0 Å². The maximum atomic E-state index is 8.39. The Morgan fingerprint density at radius 2 is 2.11 bits per heavy atom. The van der Waals surface area contributed by atoms with Crippen molar-refractivity contribution in [3.63, 3.8) is 0 Å². The summed E-state index contributed by atoms with van der Waals surface area (Å²) in [6.45, 7) is 1.96. The van der Waals surface area contributed by atoms with E-state index in [2.05, 4.69) is 6.07 Å². The van der Waals surface area contributed by atoms with Gasteiger partial charge >= 0.3 is 0 Å². The molecule has 0 rings (SSSR count). The molecule has 0 aliphatic heterocycles. The van der Waals surface area contributed by atoms with E-state index in [-0.39, 0.29) is 5.92 Å². The Hall–Kier alpha value is -1.02. The molecular formula is C7H10N2. The van der Waals surface area contributed by atoms with Crippen LogP contribution in [0.5, 0.6) is 0 Å². The monoisotopic (exact) mass is 122 g/mol. The SMILES string of the molecule is CC[C@@H](C#N)CCC#N. The topological polar surface area (TPSA) is 47.6 Å². The molecule has 0 aromatic carbocycles. The standard InChI is InChI=1S/C7H10N2/c1-2-7(6-9)4-3-5-8/h7H,2-4H2,1H3/t7-/m1/s1. The van der Waals surface area contributed by atoms with Crippen LogP contribution in [0.4, 0.5) is 0 Å². The van der Waals surface area contributed by atoms with Gasteiger partial charge in [-0.3, -0.25) is 0 Å². The maximum absolute atomic E-state index is 8.39. The fourth-order valence-electron chi connectivity index (χ4n) is 0.599. The van der Waals surface area contributed by atoms with E-state index in [1.165, 1.54) is 0 Å². The fourth-order valence-corrected chi connectivity index (χ4v) is 0.599. The minimum absolute atomic E-state index is 0.0876. The molecular weight excluding hydrogens is 112 g/mol. The molecule has 0 fully saturated rings. The van der Waals surface area contributed by atoms with E-state index in [9.17, 15) is 0 Å².